The van der Waals surface area contributed by atoms with Crippen LogP contribution in [0.2, 0.25) is 0 Å². The molecule has 0 aliphatic carbocycles. The number of hydrogen-bond donors (Lipinski definition) is 1. The van der Waals surface area contributed by atoms with Gasteiger partial charge in [0.05, 0.1) is 17.4 Å². The number of hydrogen-bond acceptors (Lipinski definition) is 4. The number of carbonyl (C=O) groups is 1. The van der Waals surface area contributed by atoms with Gasteiger partial charge in [-0.05, 0) is 25.0 Å². The van der Waals surface area contributed by atoms with Gasteiger partial charge in [0.1, 0.15) is 0 Å². The molecule has 1 aromatic heterocycles. The molecule has 2 rings (SSSR count). The summed E-state index contributed by atoms with van der Waals surface area (Å²) >= 11 is 1.78. The first-order valence-corrected chi connectivity index (χ1v) is 6.79. The normalized spacial score (nSPS) is 19.4. The van der Waals surface area contributed by atoms with Gasteiger partial charge in [0.15, 0.2) is 0 Å². The Morgan fingerprint density at radius 1 is 1.59 bits per heavy atom. The van der Waals surface area contributed by atoms with Crippen molar-refractivity contribution < 1.29 is 14.6 Å². The highest BCUT2D eigenvalue weighted by molar-refractivity contribution is 7.98. The minimum atomic E-state index is -0.934. The van der Waals surface area contributed by atoms with Gasteiger partial charge in [-0.25, -0.2) is 4.79 Å². The molecule has 0 aromatic carbocycles. The average molecular weight is 253 g/mol. The topological polar surface area (TPSA) is 59.4 Å². The van der Waals surface area contributed by atoms with Crippen molar-refractivity contribution in [1.82, 2.24) is 4.98 Å². The van der Waals surface area contributed by atoms with E-state index in [1.165, 1.54) is 6.20 Å². The van der Waals surface area contributed by atoms with Crippen LogP contribution in [-0.2, 0) is 10.5 Å². The second-order valence-electron chi connectivity index (χ2n) is 3.99. The van der Waals surface area contributed by atoms with Crippen molar-refractivity contribution >= 4 is 17.7 Å². The van der Waals surface area contributed by atoms with Crippen LogP contribution in [0.1, 0.15) is 28.9 Å². The van der Waals surface area contributed by atoms with Crippen LogP contribution in [0, 0.1) is 0 Å². The Balaban J connectivity index is 1.76. The van der Waals surface area contributed by atoms with Gasteiger partial charge in [0, 0.05) is 24.3 Å². The van der Waals surface area contributed by atoms with Gasteiger partial charge in [-0.3, -0.25) is 4.98 Å². The van der Waals surface area contributed by atoms with Crippen LogP contribution >= 0.6 is 11.8 Å². The second-order valence-corrected chi connectivity index (χ2v) is 5.02. The molecule has 1 fully saturated rings. The molecule has 0 bridgehead atoms. The van der Waals surface area contributed by atoms with Crippen molar-refractivity contribution in [3.8, 4) is 0 Å². The van der Waals surface area contributed by atoms with Gasteiger partial charge in [0.25, 0.3) is 0 Å². The van der Waals surface area contributed by atoms with Crippen molar-refractivity contribution in [2.75, 3.05) is 12.4 Å². The zero-order chi connectivity index (χ0) is 12.1. The van der Waals surface area contributed by atoms with Gasteiger partial charge in [-0.2, -0.15) is 11.8 Å². The predicted molar refractivity (Wildman–Crippen MR) is 66.3 cm³/mol. The van der Waals surface area contributed by atoms with E-state index in [1.54, 1.807) is 23.9 Å². The van der Waals surface area contributed by atoms with Gasteiger partial charge >= 0.3 is 5.97 Å². The van der Waals surface area contributed by atoms with Crippen LogP contribution in [0.25, 0.3) is 0 Å². The number of ether oxygens (including phenoxy) is 1. The number of pyridine rings is 1. The number of carboxylic acid groups (broad SMARTS) is 1. The maximum Gasteiger partial charge on any atom is 0.337 e. The molecule has 1 atom stereocenters. The molecule has 0 saturated carbocycles. The molecule has 1 aliphatic rings. The SMILES string of the molecule is O=C(O)c1ccc(CSCC2CCCO2)nc1. The smallest absolute Gasteiger partial charge is 0.337 e. The molecule has 0 spiro atoms. The third-order valence-corrected chi connectivity index (χ3v) is 3.76. The first-order valence-electron chi connectivity index (χ1n) is 5.63. The van der Waals surface area contributed by atoms with Crippen molar-refractivity contribution in [3.05, 3.63) is 29.6 Å². The minimum Gasteiger partial charge on any atom is -0.478 e. The molecular weight excluding hydrogens is 238 g/mol. The van der Waals surface area contributed by atoms with E-state index in [1.807, 2.05) is 0 Å². The van der Waals surface area contributed by atoms with Crippen LogP contribution in [0.5, 0.6) is 0 Å². The van der Waals surface area contributed by atoms with Crippen LogP contribution < -0.4 is 0 Å². The largest absolute Gasteiger partial charge is 0.478 e. The Morgan fingerprint density at radius 3 is 3.06 bits per heavy atom. The summed E-state index contributed by atoms with van der Waals surface area (Å²) in [6.45, 7) is 0.886. The van der Waals surface area contributed by atoms with E-state index in [9.17, 15) is 4.79 Å². The first kappa shape index (κ1) is 12.4. The maximum atomic E-state index is 10.6. The standard InChI is InChI=1S/C12H15NO3S/c14-12(15)9-3-4-10(13-6-9)7-17-8-11-2-1-5-16-11/h3-4,6,11H,1-2,5,7-8H2,(H,14,15). The lowest BCUT2D eigenvalue weighted by Gasteiger charge is -2.08. The van der Waals surface area contributed by atoms with E-state index in [0.29, 0.717) is 6.10 Å². The molecule has 1 saturated heterocycles. The molecule has 92 valence electrons. The lowest BCUT2D eigenvalue weighted by Crippen LogP contribution is -2.08. The summed E-state index contributed by atoms with van der Waals surface area (Å²) in [5, 5.41) is 8.73. The van der Waals surface area contributed by atoms with E-state index in [-0.39, 0.29) is 5.56 Å². The number of nitrogens with zero attached hydrogens (tertiary/aromatic N) is 1. The van der Waals surface area contributed by atoms with E-state index in [2.05, 4.69) is 4.98 Å². The van der Waals surface area contributed by atoms with E-state index in [4.69, 9.17) is 9.84 Å². The van der Waals surface area contributed by atoms with Crippen LogP contribution in [0.4, 0.5) is 0 Å². The fraction of sp³-hybridized carbons (Fsp3) is 0.500. The zero-order valence-electron chi connectivity index (χ0n) is 9.46. The number of thioether (sulfide) groups is 1. The van der Waals surface area contributed by atoms with Crippen molar-refractivity contribution in [3.63, 3.8) is 0 Å². The monoisotopic (exact) mass is 253 g/mol. The maximum absolute atomic E-state index is 10.6. The minimum absolute atomic E-state index is 0.234. The summed E-state index contributed by atoms with van der Waals surface area (Å²) in [5.74, 6) is 0.860. The van der Waals surface area contributed by atoms with Crippen molar-refractivity contribution in [1.29, 1.82) is 0 Å². The summed E-state index contributed by atoms with van der Waals surface area (Å²) in [7, 11) is 0. The Bertz CT molecular complexity index is 374. The van der Waals surface area contributed by atoms with E-state index >= 15 is 0 Å². The molecule has 0 amide bonds. The Labute approximate surface area is 104 Å². The molecule has 0 radical (unpaired) electrons. The molecular formula is C12H15NO3S. The number of rotatable bonds is 5. The summed E-state index contributed by atoms with van der Waals surface area (Å²) in [5.41, 5.74) is 1.15. The van der Waals surface area contributed by atoms with Crippen LogP contribution in [-0.4, -0.2) is 34.5 Å². The van der Waals surface area contributed by atoms with Gasteiger partial charge in [-0.1, -0.05) is 0 Å². The summed E-state index contributed by atoms with van der Waals surface area (Å²) in [6, 6.07) is 3.36. The molecule has 5 heteroatoms. The molecule has 4 nitrogen and oxygen atoms in total. The second kappa shape index (κ2) is 6.02. The van der Waals surface area contributed by atoms with Crippen LogP contribution in [0.3, 0.4) is 0 Å². The zero-order valence-corrected chi connectivity index (χ0v) is 10.3. The number of carboxylic acids is 1. The molecule has 1 unspecified atom stereocenters. The fourth-order valence-corrected chi connectivity index (χ4v) is 2.73. The lowest BCUT2D eigenvalue weighted by atomic mass is 10.2. The third-order valence-electron chi connectivity index (χ3n) is 2.65. The Kier molecular flexibility index (Phi) is 4.39. The fourth-order valence-electron chi connectivity index (χ4n) is 1.71. The molecule has 17 heavy (non-hydrogen) atoms. The third kappa shape index (κ3) is 3.71. The van der Waals surface area contributed by atoms with Gasteiger partial charge in [0.2, 0.25) is 0 Å². The summed E-state index contributed by atoms with van der Waals surface area (Å²) in [4.78, 5) is 14.8. The highest BCUT2D eigenvalue weighted by Gasteiger charge is 2.15. The van der Waals surface area contributed by atoms with Crippen molar-refractivity contribution in [2.45, 2.75) is 24.7 Å². The highest BCUT2D eigenvalue weighted by Crippen LogP contribution is 2.19. The van der Waals surface area contributed by atoms with Crippen LogP contribution in [0.15, 0.2) is 18.3 Å². The summed E-state index contributed by atoms with van der Waals surface area (Å²) in [6.07, 6.45) is 4.11. The molecule has 1 N–H and O–H groups in total. The predicted octanol–water partition coefficient (Wildman–Crippen LogP) is 2.19. The quantitative estimate of drug-likeness (QED) is 0.871. The van der Waals surface area contributed by atoms with Crippen molar-refractivity contribution in [2.24, 2.45) is 0 Å². The van der Waals surface area contributed by atoms with E-state index < -0.39 is 5.97 Å². The summed E-state index contributed by atoms with van der Waals surface area (Å²) < 4.78 is 5.52. The lowest BCUT2D eigenvalue weighted by molar-refractivity contribution is 0.0696. The highest BCUT2D eigenvalue weighted by atomic mass is 32.2. The Hall–Kier alpha value is -1.07. The number of aromatic carboxylic acids is 1. The van der Waals surface area contributed by atoms with Gasteiger partial charge < -0.3 is 9.84 Å². The van der Waals surface area contributed by atoms with Gasteiger partial charge in [-0.15, -0.1) is 0 Å². The molecule has 1 aromatic rings. The first-order chi connectivity index (χ1) is 8.25. The molecule has 1 aliphatic heterocycles. The number of aromatic nitrogens is 1. The Morgan fingerprint density at radius 2 is 2.47 bits per heavy atom. The average Bonchev–Trinajstić information content (AvgIpc) is 2.83. The molecule has 2 heterocycles. The van der Waals surface area contributed by atoms with E-state index in [0.717, 1.165) is 36.6 Å².